The predicted molar refractivity (Wildman–Crippen MR) is 121 cm³/mol. The summed E-state index contributed by atoms with van der Waals surface area (Å²) in [4.78, 5) is 8.48. The molecule has 2 atom stereocenters. The van der Waals surface area contributed by atoms with Gasteiger partial charge in [0.25, 0.3) is 0 Å². The summed E-state index contributed by atoms with van der Waals surface area (Å²) in [6, 6.07) is 10.8. The lowest BCUT2D eigenvalue weighted by Crippen LogP contribution is -2.50. The molecule has 1 aromatic carbocycles. The van der Waals surface area contributed by atoms with Crippen molar-refractivity contribution in [3.8, 4) is 0 Å². The molecule has 5 rings (SSSR count). The Labute approximate surface area is 182 Å². The largest absolute Gasteiger partial charge is 0.355 e. The van der Waals surface area contributed by atoms with Crippen molar-refractivity contribution in [2.45, 2.75) is 31.2 Å². The minimum atomic E-state index is 0.164. The minimum absolute atomic E-state index is 0.164. The number of piperidine rings is 2. The molecule has 2 fully saturated rings. The highest BCUT2D eigenvalue weighted by Gasteiger charge is 2.29. The molecule has 8 heteroatoms. The first-order valence-corrected chi connectivity index (χ1v) is 11.2. The molecule has 0 spiro atoms. The quantitative estimate of drug-likeness (QED) is 0.677. The first-order chi connectivity index (χ1) is 15.2. The van der Waals surface area contributed by atoms with Gasteiger partial charge in [-0.1, -0.05) is 6.07 Å². The molecule has 3 aromatic rings. The van der Waals surface area contributed by atoms with E-state index in [4.69, 9.17) is 10.6 Å². The van der Waals surface area contributed by atoms with Crippen LogP contribution in [0.2, 0.25) is 0 Å². The van der Waals surface area contributed by atoms with E-state index in [-0.39, 0.29) is 6.04 Å². The van der Waals surface area contributed by atoms with Crippen molar-refractivity contribution in [3.63, 3.8) is 0 Å². The molecule has 2 aliphatic rings. The Kier molecular flexibility index (Phi) is 5.85. The van der Waals surface area contributed by atoms with E-state index in [0.717, 1.165) is 51.3 Å². The lowest BCUT2D eigenvalue weighted by atomic mass is 9.89. The fraction of sp³-hybridized carbons (Fsp3) is 0.522. The molecular formula is C23H31N7O. The standard InChI is InChI=1S/C23H31N7O/c1-28-22-5-4-18(13-19(22)14-26-28)17-6-11-30(12-7-17)31-16-20-15-29(10-8-21(20)24)23-3-2-9-25-27-23/h2-5,9,13-14,17,20-21H,6-8,10-12,15-16,24H2,1H3. The van der Waals surface area contributed by atoms with E-state index >= 15 is 0 Å². The van der Waals surface area contributed by atoms with Gasteiger partial charge in [0.15, 0.2) is 5.82 Å². The smallest absolute Gasteiger partial charge is 0.151 e. The topological polar surface area (TPSA) is 85.3 Å². The molecule has 2 unspecified atom stereocenters. The Hall–Kier alpha value is -2.55. The summed E-state index contributed by atoms with van der Waals surface area (Å²) in [6.45, 7) is 4.34. The van der Waals surface area contributed by atoms with E-state index in [2.05, 4.69) is 43.5 Å². The van der Waals surface area contributed by atoms with Crippen LogP contribution in [-0.4, -0.2) is 63.9 Å². The van der Waals surface area contributed by atoms with E-state index in [1.54, 1.807) is 6.20 Å². The van der Waals surface area contributed by atoms with Crippen LogP contribution in [0, 0.1) is 5.92 Å². The van der Waals surface area contributed by atoms with Crippen LogP contribution in [0.15, 0.2) is 42.7 Å². The van der Waals surface area contributed by atoms with E-state index in [9.17, 15) is 0 Å². The molecule has 164 valence electrons. The van der Waals surface area contributed by atoms with Crippen LogP contribution >= 0.6 is 0 Å². The highest BCUT2D eigenvalue weighted by molar-refractivity contribution is 5.79. The second kappa shape index (κ2) is 8.90. The van der Waals surface area contributed by atoms with Crippen molar-refractivity contribution in [2.75, 3.05) is 37.7 Å². The summed E-state index contributed by atoms with van der Waals surface area (Å²) < 4.78 is 1.93. The molecule has 31 heavy (non-hydrogen) atoms. The van der Waals surface area contributed by atoms with E-state index in [1.807, 2.05) is 30.1 Å². The molecular weight excluding hydrogens is 390 g/mol. The molecule has 0 saturated carbocycles. The van der Waals surface area contributed by atoms with Crippen molar-refractivity contribution in [1.82, 2.24) is 25.0 Å². The number of nitrogens with zero attached hydrogens (tertiary/aromatic N) is 6. The molecule has 4 heterocycles. The van der Waals surface area contributed by atoms with Gasteiger partial charge >= 0.3 is 0 Å². The fourth-order valence-corrected chi connectivity index (χ4v) is 4.85. The summed E-state index contributed by atoms with van der Waals surface area (Å²) >= 11 is 0. The van der Waals surface area contributed by atoms with Gasteiger partial charge < -0.3 is 10.6 Å². The van der Waals surface area contributed by atoms with Gasteiger partial charge in [-0.25, -0.2) is 0 Å². The highest BCUT2D eigenvalue weighted by Crippen LogP contribution is 2.30. The van der Waals surface area contributed by atoms with Gasteiger partial charge in [0.1, 0.15) is 0 Å². The maximum Gasteiger partial charge on any atom is 0.151 e. The molecule has 0 amide bonds. The van der Waals surface area contributed by atoms with Gasteiger partial charge in [0.05, 0.1) is 18.3 Å². The predicted octanol–water partition coefficient (Wildman–Crippen LogP) is 2.33. The molecule has 2 N–H and O–H groups in total. The van der Waals surface area contributed by atoms with Gasteiger partial charge in [0, 0.05) is 56.8 Å². The molecule has 0 aliphatic carbocycles. The third-order valence-corrected chi connectivity index (χ3v) is 6.84. The average Bonchev–Trinajstić information content (AvgIpc) is 3.19. The molecule has 2 aliphatic heterocycles. The lowest BCUT2D eigenvalue weighted by molar-refractivity contribution is -0.181. The summed E-state index contributed by atoms with van der Waals surface area (Å²) in [5.41, 5.74) is 9.01. The number of aryl methyl sites for hydroxylation is 1. The normalized spacial score (nSPS) is 23.5. The summed E-state index contributed by atoms with van der Waals surface area (Å²) in [5, 5.41) is 16.0. The van der Waals surface area contributed by atoms with Crippen LogP contribution in [0.25, 0.3) is 10.9 Å². The van der Waals surface area contributed by atoms with Crippen LogP contribution in [0.3, 0.4) is 0 Å². The zero-order chi connectivity index (χ0) is 21.2. The lowest BCUT2D eigenvalue weighted by Gasteiger charge is -2.38. The number of aromatic nitrogens is 4. The molecule has 2 aromatic heterocycles. The van der Waals surface area contributed by atoms with Crippen LogP contribution in [-0.2, 0) is 11.9 Å². The zero-order valence-electron chi connectivity index (χ0n) is 18.1. The summed E-state index contributed by atoms with van der Waals surface area (Å²) in [7, 11) is 1.99. The van der Waals surface area contributed by atoms with Gasteiger partial charge in [-0.05, 0) is 55.0 Å². The maximum atomic E-state index is 6.41. The third kappa shape index (κ3) is 4.42. The highest BCUT2D eigenvalue weighted by atomic mass is 16.7. The number of hydrogen-bond donors (Lipinski definition) is 1. The average molecular weight is 422 g/mol. The van der Waals surface area contributed by atoms with Crippen LogP contribution in [0.5, 0.6) is 0 Å². The summed E-state index contributed by atoms with van der Waals surface area (Å²) in [5.74, 6) is 1.79. The van der Waals surface area contributed by atoms with Gasteiger partial charge in [0.2, 0.25) is 0 Å². The second-order valence-electron chi connectivity index (χ2n) is 8.83. The Morgan fingerprint density at radius 2 is 2.00 bits per heavy atom. The van der Waals surface area contributed by atoms with Crippen LogP contribution < -0.4 is 10.6 Å². The van der Waals surface area contributed by atoms with Crippen LogP contribution in [0.1, 0.15) is 30.7 Å². The fourth-order valence-electron chi connectivity index (χ4n) is 4.85. The van der Waals surface area contributed by atoms with Gasteiger partial charge in [-0.2, -0.15) is 15.3 Å². The van der Waals surface area contributed by atoms with Crippen molar-refractivity contribution >= 4 is 16.7 Å². The van der Waals surface area contributed by atoms with Crippen LogP contribution in [0.4, 0.5) is 5.82 Å². The maximum absolute atomic E-state index is 6.41. The number of fused-ring (bicyclic) bond motifs is 1. The SMILES string of the molecule is Cn1ncc2cc(C3CCN(OCC4CN(c5cccnn5)CCC4N)CC3)ccc21. The van der Waals surface area contributed by atoms with E-state index in [1.165, 1.54) is 16.5 Å². The first-order valence-electron chi connectivity index (χ1n) is 11.2. The number of benzene rings is 1. The Morgan fingerprint density at radius 3 is 2.81 bits per heavy atom. The van der Waals surface area contributed by atoms with Crippen molar-refractivity contribution in [2.24, 2.45) is 18.7 Å². The zero-order valence-corrected chi connectivity index (χ0v) is 18.1. The Balaban J connectivity index is 1.13. The Bertz CT molecular complexity index is 1000. The van der Waals surface area contributed by atoms with Gasteiger partial charge in [-0.3, -0.25) is 9.52 Å². The van der Waals surface area contributed by atoms with Crippen molar-refractivity contribution in [3.05, 3.63) is 48.3 Å². The monoisotopic (exact) mass is 421 g/mol. The minimum Gasteiger partial charge on any atom is -0.355 e. The third-order valence-electron chi connectivity index (χ3n) is 6.84. The van der Waals surface area contributed by atoms with Crippen molar-refractivity contribution < 1.29 is 4.84 Å². The number of hydroxylamine groups is 2. The number of hydrogen-bond acceptors (Lipinski definition) is 7. The van der Waals surface area contributed by atoms with E-state index in [0.29, 0.717) is 18.4 Å². The molecule has 0 bridgehead atoms. The van der Waals surface area contributed by atoms with Crippen molar-refractivity contribution in [1.29, 1.82) is 0 Å². The molecule has 2 saturated heterocycles. The van der Waals surface area contributed by atoms with E-state index < -0.39 is 0 Å². The Morgan fingerprint density at radius 1 is 1.13 bits per heavy atom. The summed E-state index contributed by atoms with van der Waals surface area (Å²) in [6.07, 6.45) is 6.82. The molecule has 0 radical (unpaired) electrons. The van der Waals surface area contributed by atoms with Gasteiger partial charge in [-0.15, -0.1) is 5.10 Å². The number of rotatable bonds is 5. The second-order valence-corrected chi connectivity index (χ2v) is 8.83. The number of nitrogens with two attached hydrogens (primary N) is 1. The molecule has 8 nitrogen and oxygen atoms in total. The first kappa shape index (κ1) is 20.4. The number of anilines is 1.